The Kier molecular flexibility index (Phi) is 6.21. The van der Waals surface area contributed by atoms with Crippen molar-refractivity contribution in [1.82, 2.24) is 24.4 Å². The van der Waals surface area contributed by atoms with Crippen molar-refractivity contribution in [3.05, 3.63) is 52.1 Å². The van der Waals surface area contributed by atoms with Crippen LogP contribution in [-0.4, -0.2) is 57.8 Å². The van der Waals surface area contributed by atoms with E-state index in [0.717, 1.165) is 12.1 Å². The highest BCUT2D eigenvalue weighted by atomic mass is 16.5. The van der Waals surface area contributed by atoms with Gasteiger partial charge in [0.1, 0.15) is 12.1 Å². The normalized spacial score (nSPS) is 15.1. The third kappa shape index (κ3) is 4.83. The Labute approximate surface area is 169 Å². The molecule has 3 aromatic rings. The second-order valence-electron chi connectivity index (χ2n) is 7.40. The molecule has 0 spiro atoms. The monoisotopic (exact) mass is 397 g/mol. The fourth-order valence-electron chi connectivity index (χ4n) is 3.67. The van der Waals surface area contributed by atoms with Gasteiger partial charge in [-0.25, -0.2) is 9.78 Å². The number of benzene rings is 1. The van der Waals surface area contributed by atoms with E-state index in [2.05, 4.69) is 44.1 Å². The number of aromatic nitrogens is 4. The SMILES string of the molecule is COCCOc1ncc2[nH]c(=O)n(Cc3ccc(CN4CCCCC4)cc3)c2n1. The highest BCUT2D eigenvalue weighted by Gasteiger charge is 2.13. The molecule has 0 unspecified atom stereocenters. The van der Waals surface area contributed by atoms with Gasteiger partial charge in [0.2, 0.25) is 0 Å². The number of H-pyrrole nitrogens is 1. The Hall–Kier alpha value is -2.71. The molecule has 0 radical (unpaired) electrons. The van der Waals surface area contributed by atoms with Gasteiger partial charge < -0.3 is 14.5 Å². The van der Waals surface area contributed by atoms with Gasteiger partial charge in [-0.2, -0.15) is 4.98 Å². The maximum absolute atomic E-state index is 12.4. The summed E-state index contributed by atoms with van der Waals surface area (Å²) in [6.45, 7) is 4.60. The number of methoxy groups -OCH3 is 1. The summed E-state index contributed by atoms with van der Waals surface area (Å²) >= 11 is 0. The smallest absolute Gasteiger partial charge is 0.328 e. The maximum Gasteiger partial charge on any atom is 0.328 e. The number of nitrogens with zero attached hydrogens (tertiary/aromatic N) is 4. The van der Waals surface area contributed by atoms with Gasteiger partial charge in [0.25, 0.3) is 0 Å². The number of hydrogen-bond acceptors (Lipinski definition) is 6. The van der Waals surface area contributed by atoms with Crippen LogP contribution in [0.2, 0.25) is 0 Å². The molecule has 1 saturated heterocycles. The first-order valence-electron chi connectivity index (χ1n) is 10.1. The van der Waals surface area contributed by atoms with Crippen molar-refractivity contribution >= 4 is 11.2 Å². The third-order valence-electron chi connectivity index (χ3n) is 5.23. The van der Waals surface area contributed by atoms with E-state index in [1.165, 1.54) is 37.9 Å². The van der Waals surface area contributed by atoms with Gasteiger partial charge >= 0.3 is 11.7 Å². The number of nitrogens with one attached hydrogen (secondary N) is 1. The van der Waals surface area contributed by atoms with E-state index in [0.29, 0.717) is 30.9 Å². The molecule has 1 aliphatic heterocycles. The fourth-order valence-corrected chi connectivity index (χ4v) is 3.67. The van der Waals surface area contributed by atoms with E-state index in [1.807, 2.05) is 0 Å². The number of ether oxygens (including phenoxy) is 2. The fraction of sp³-hybridized carbons (Fsp3) is 0.476. The van der Waals surface area contributed by atoms with Crippen LogP contribution in [0.3, 0.4) is 0 Å². The molecule has 8 heteroatoms. The summed E-state index contributed by atoms with van der Waals surface area (Å²) < 4.78 is 12.1. The van der Waals surface area contributed by atoms with Crippen LogP contribution >= 0.6 is 0 Å². The average Bonchev–Trinajstić information content (AvgIpc) is 3.05. The predicted octanol–water partition coefficient (Wildman–Crippen LogP) is 2.18. The molecular formula is C21H27N5O3. The molecule has 4 rings (SSSR count). The predicted molar refractivity (Wildman–Crippen MR) is 110 cm³/mol. The maximum atomic E-state index is 12.4. The van der Waals surface area contributed by atoms with E-state index in [-0.39, 0.29) is 11.7 Å². The largest absolute Gasteiger partial charge is 0.461 e. The summed E-state index contributed by atoms with van der Waals surface area (Å²) in [5, 5.41) is 0. The molecule has 0 aliphatic carbocycles. The standard InChI is InChI=1S/C21H27N5O3/c1-28-11-12-29-20-22-13-18-19(24-20)26(21(27)23-18)15-17-7-5-16(6-8-17)14-25-9-3-2-4-10-25/h5-8,13H,2-4,9-12,14-15H2,1H3,(H,23,27). The van der Waals surface area contributed by atoms with Crippen molar-refractivity contribution in [2.75, 3.05) is 33.4 Å². The van der Waals surface area contributed by atoms with Gasteiger partial charge in [0, 0.05) is 13.7 Å². The summed E-state index contributed by atoms with van der Waals surface area (Å²) in [5.41, 5.74) is 3.28. The zero-order valence-electron chi connectivity index (χ0n) is 16.8. The van der Waals surface area contributed by atoms with Gasteiger partial charge in [0.05, 0.1) is 19.3 Å². The quantitative estimate of drug-likeness (QED) is 0.587. The molecule has 0 atom stereocenters. The van der Waals surface area contributed by atoms with Crippen LogP contribution in [0.25, 0.3) is 11.2 Å². The van der Waals surface area contributed by atoms with Crippen molar-refractivity contribution in [3.8, 4) is 6.01 Å². The van der Waals surface area contributed by atoms with Crippen LogP contribution in [0, 0.1) is 0 Å². The summed E-state index contributed by atoms with van der Waals surface area (Å²) in [4.78, 5) is 26.2. The van der Waals surface area contributed by atoms with E-state index in [4.69, 9.17) is 9.47 Å². The zero-order chi connectivity index (χ0) is 20.1. The Morgan fingerprint density at radius 3 is 2.48 bits per heavy atom. The van der Waals surface area contributed by atoms with Crippen molar-refractivity contribution < 1.29 is 9.47 Å². The van der Waals surface area contributed by atoms with Crippen molar-refractivity contribution in [1.29, 1.82) is 0 Å². The lowest BCUT2D eigenvalue weighted by atomic mass is 10.1. The molecule has 1 fully saturated rings. The third-order valence-corrected chi connectivity index (χ3v) is 5.23. The molecule has 0 amide bonds. The first kappa shape index (κ1) is 19.6. The highest BCUT2D eigenvalue weighted by molar-refractivity contribution is 5.69. The molecular weight excluding hydrogens is 370 g/mol. The number of aromatic amines is 1. The minimum Gasteiger partial charge on any atom is -0.461 e. The van der Waals surface area contributed by atoms with E-state index >= 15 is 0 Å². The van der Waals surface area contributed by atoms with Crippen LogP contribution in [0.15, 0.2) is 35.3 Å². The highest BCUT2D eigenvalue weighted by Crippen LogP contribution is 2.15. The molecule has 0 bridgehead atoms. The zero-order valence-corrected chi connectivity index (χ0v) is 16.8. The Morgan fingerprint density at radius 1 is 1.03 bits per heavy atom. The van der Waals surface area contributed by atoms with E-state index < -0.39 is 0 Å². The second kappa shape index (κ2) is 9.19. The Morgan fingerprint density at radius 2 is 1.76 bits per heavy atom. The average molecular weight is 397 g/mol. The number of rotatable bonds is 8. The molecule has 29 heavy (non-hydrogen) atoms. The van der Waals surface area contributed by atoms with Crippen molar-refractivity contribution in [3.63, 3.8) is 0 Å². The number of imidazole rings is 1. The van der Waals surface area contributed by atoms with Crippen LogP contribution in [0.4, 0.5) is 0 Å². The van der Waals surface area contributed by atoms with Crippen LogP contribution < -0.4 is 10.4 Å². The van der Waals surface area contributed by atoms with Crippen molar-refractivity contribution in [2.24, 2.45) is 0 Å². The van der Waals surface area contributed by atoms with Crippen LogP contribution in [0.1, 0.15) is 30.4 Å². The lowest BCUT2D eigenvalue weighted by Crippen LogP contribution is -2.29. The summed E-state index contributed by atoms with van der Waals surface area (Å²) in [6, 6.07) is 8.71. The van der Waals surface area contributed by atoms with Gasteiger partial charge in [-0.05, 0) is 37.1 Å². The molecule has 3 heterocycles. The van der Waals surface area contributed by atoms with E-state index in [9.17, 15) is 4.79 Å². The van der Waals surface area contributed by atoms with Crippen LogP contribution in [0.5, 0.6) is 6.01 Å². The first-order valence-corrected chi connectivity index (χ1v) is 10.1. The van der Waals surface area contributed by atoms with Crippen LogP contribution in [-0.2, 0) is 17.8 Å². The Bertz CT molecular complexity index is 990. The molecule has 2 aromatic heterocycles. The Balaban J connectivity index is 1.48. The topological polar surface area (TPSA) is 85.3 Å². The lowest BCUT2D eigenvalue weighted by molar-refractivity contribution is 0.141. The molecule has 154 valence electrons. The molecule has 0 saturated carbocycles. The summed E-state index contributed by atoms with van der Waals surface area (Å²) in [6.07, 6.45) is 5.50. The molecule has 1 aliphatic rings. The molecule has 1 N–H and O–H groups in total. The lowest BCUT2D eigenvalue weighted by Gasteiger charge is -2.26. The molecule has 8 nitrogen and oxygen atoms in total. The molecule has 1 aromatic carbocycles. The summed E-state index contributed by atoms with van der Waals surface area (Å²) in [7, 11) is 1.61. The van der Waals surface area contributed by atoms with Gasteiger partial charge in [0.15, 0.2) is 5.65 Å². The minimum absolute atomic E-state index is 0.208. The first-order chi connectivity index (χ1) is 14.2. The minimum atomic E-state index is -0.208. The number of fused-ring (bicyclic) bond motifs is 1. The summed E-state index contributed by atoms with van der Waals surface area (Å²) in [5.74, 6) is 0. The number of likely N-dealkylation sites (tertiary alicyclic amines) is 1. The van der Waals surface area contributed by atoms with Gasteiger partial charge in [-0.15, -0.1) is 0 Å². The number of piperidine rings is 1. The van der Waals surface area contributed by atoms with Gasteiger partial charge in [-0.1, -0.05) is 30.7 Å². The number of hydrogen-bond donors (Lipinski definition) is 1. The van der Waals surface area contributed by atoms with Crippen molar-refractivity contribution in [2.45, 2.75) is 32.4 Å². The second-order valence-corrected chi connectivity index (χ2v) is 7.40. The van der Waals surface area contributed by atoms with Gasteiger partial charge in [-0.3, -0.25) is 9.47 Å². The van der Waals surface area contributed by atoms with E-state index in [1.54, 1.807) is 17.9 Å².